The van der Waals surface area contributed by atoms with Crippen molar-refractivity contribution in [1.82, 2.24) is 0 Å². The molecule has 54 valence electrons. The predicted octanol–water partition coefficient (Wildman–Crippen LogP) is 3.24. The van der Waals surface area contributed by atoms with Gasteiger partial charge in [-0.2, -0.15) is 0 Å². The van der Waals surface area contributed by atoms with Crippen molar-refractivity contribution in [3.63, 3.8) is 0 Å². The van der Waals surface area contributed by atoms with Crippen LogP contribution in [-0.4, -0.2) is 0 Å². The van der Waals surface area contributed by atoms with Crippen LogP contribution in [0.3, 0.4) is 0 Å². The van der Waals surface area contributed by atoms with Gasteiger partial charge in [-0.05, 0) is 11.3 Å². The number of hydrogen-bond donors (Lipinski definition) is 0. The molecule has 0 aliphatic rings. The monoisotopic (exact) mass is 126 g/mol. The zero-order chi connectivity index (χ0) is 7.49. The van der Waals surface area contributed by atoms with Crippen LogP contribution >= 0.6 is 0 Å². The van der Waals surface area contributed by atoms with Gasteiger partial charge in [-0.1, -0.05) is 46.8 Å². The third-order valence-corrected chi connectivity index (χ3v) is 0.981. The van der Waals surface area contributed by atoms with Gasteiger partial charge in [0.25, 0.3) is 0 Å². The zero-order valence-electron chi connectivity index (χ0n) is 7.23. The van der Waals surface area contributed by atoms with Gasteiger partial charge in [0.2, 0.25) is 0 Å². The predicted molar refractivity (Wildman–Crippen MR) is 43.4 cm³/mol. The van der Waals surface area contributed by atoms with E-state index in [2.05, 4.69) is 46.8 Å². The molecular weight excluding hydrogens is 108 g/mol. The normalized spacial score (nSPS) is 13.6. The van der Waals surface area contributed by atoms with Crippen LogP contribution < -0.4 is 0 Å². The van der Waals surface area contributed by atoms with Crippen molar-refractivity contribution in [2.24, 2.45) is 11.3 Å². The van der Waals surface area contributed by atoms with E-state index in [1.54, 1.807) is 0 Å². The minimum Gasteiger partial charge on any atom is -0.0854 e. The van der Waals surface area contributed by atoms with E-state index >= 15 is 0 Å². The molecule has 0 heteroatoms. The van der Waals surface area contributed by atoms with E-state index in [-0.39, 0.29) is 0 Å². The molecule has 0 aromatic rings. The molecule has 0 spiro atoms. The lowest BCUT2D eigenvalue weighted by molar-refractivity contribution is 0.538. The van der Waals surface area contributed by atoms with E-state index in [0.717, 1.165) is 0 Å². The molecule has 0 rings (SSSR count). The quantitative estimate of drug-likeness (QED) is 0.473. The summed E-state index contributed by atoms with van der Waals surface area (Å²) in [6.45, 7) is 11.0. The third-order valence-electron chi connectivity index (χ3n) is 0.981. The molecule has 0 atom stereocenters. The summed E-state index contributed by atoms with van der Waals surface area (Å²) in [5.41, 5.74) is 0.351. The summed E-state index contributed by atoms with van der Waals surface area (Å²) in [4.78, 5) is 0. The van der Waals surface area contributed by atoms with Crippen LogP contribution in [0.1, 0.15) is 34.6 Å². The van der Waals surface area contributed by atoms with Gasteiger partial charge in [0.15, 0.2) is 0 Å². The minimum atomic E-state index is 0.351. The van der Waals surface area contributed by atoms with Crippen molar-refractivity contribution in [2.45, 2.75) is 34.6 Å². The third kappa shape index (κ3) is 7.74. The highest BCUT2D eigenvalue weighted by Crippen LogP contribution is 2.15. The van der Waals surface area contributed by atoms with Crippen LogP contribution in [0.25, 0.3) is 0 Å². The summed E-state index contributed by atoms with van der Waals surface area (Å²) in [7, 11) is 0. The van der Waals surface area contributed by atoms with Gasteiger partial charge in [0.05, 0.1) is 0 Å². The van der Waals surface area contributed by atoms with Crippen LogP contribution in [-0.2, 0) is 0 Å². The average Bonchev–Trinajstić information content (AvgIpc) is 1.59. The first-order valence-corrected chi connectivity index (χ1v) is 3.61. The fourth-order valence-electron chi connectivity index (χ4n) is 0.481. The first-order chi connectivity index (χ1) is 3.92. The molecule has 9 heavy (non-hydrogen) atoms. The van der Waals surface area contributed by atoms with E-state index in [1.165, 1.54) is 0 Å². The van der Waals surface area contributed by atoms with Gasteiger partial charge in [-0.15, -0.1) is 0 Å². The van der Waals surface area contributed by atoms with Crippen molar-refractivity contribution in [3.8, 4) is 0 Å². The number of rotatable bonds is 1. The lowest BCUT2D eigenvalue weighted by Crippen LogP contribution is -1.99. The summed E-state index contributed by atoms with van der Waals surface area (Å²) < 4.78 is 0. The van der Waals surface area contributed by atoms with Crippen molar-refractivity contribution < 1.29 is 0 Å². The summed E-state index contributed by atoms with van der Waals surface area (Å²) in [6.07, 6.45) is 4.51. The van der Waals surface area contributed by atoms with E-state index < -0.39 is 0 Å². The lowest BCUT2D eigenvalue weighted by atomic mass is 9.95. The van der Waals surface area contributed by atoms with Crippen molar-refractivity contribution >= 4 is 0 Å². The van der Waals surface area contributed by atoms with Gasteiger partial charge in [0.1, 0.15) is 0 Å². The fourth-order valence-corrected chi connectivity index (χ4v) is 0.481. The molecule has 0 saturated heterocycles. The molecule has 0 saturated carbocycles. The summed E-state index contributed by atoms with van der Waals surface area (Å²) in [5.74, 6) is 0.684. The zero-order valence-corrected chi connectivity index (χ0v) is 7.23. The smallest absolute Gasteiger partial charge is 0.0203 e. The van der Waals surface area contributed by atoms with Crippen LogP contribution in [0.4, 0.5) is 0 Å². The Morgan fingerprint density at radius 1 is 1.11 bits per heavy atom. The van der Waals surface area contributed by atoms with E-state index in [1.807, 2.05) is 0 Å². The van der Waals surface area contributed by atoms with Crippen molar-refractivity contribution in [2.75, 3.05) is 0 Å². The van der Waals surface area contributed by atoms with Gasteiger partial charge in [-0.25, -0.2) is 0 Å². The number of allylic oxidation sites excluding steroid dienone is 2. The average molecular weight is 126 g/mol. The van der Waals surface area contributed by atoms with Gasteiger partial charge in [-0.3, -0.25) is 0 Å². The second-order valence-corrected chi connectivity index (χ2v) is 3.97. The maximum Gasteiger partial charge on any atom is -0.0203 e. The topological polar surface area (TPSA) is 0 Å². The highest BCUT2D eigenvalue weighted by atomic mass is 14.1. The second-order valence-electron chi connectivity index (χ2n) is 3.97. The Hall–Kier alpha value is -0.260. The first kappa shape index (κ1) is 8.74. The molecule has 0 aromatic heterocycles. The highest BCUT2D eigenvalue weighted by Gasteiger charge is 2.02. The van der Waals surface area contributed by atoms with Crippen LogP contribution in [0, 0.1) is 11.3 Å². The molecule has 0 nitrogen and oxygen atoms in total. The number of hydrogen-bond acceptors (Lipinski definition) is 0. The molecule has 0 aliphatic heterocycles. The largest absolute Gasteiger partial charge is 0.0854 e. The van der Waals surface area contributed by atoms with Crippen molar-refractivity contribution in [1.29, 1.82) is 0 Å². The standard InChI is InChI=1S/C9H18/c1-8(2)6-7-9(3,4)5/h6-8H,1-5H3/b7-6-. The molecule has 0 fully saturated rings. The molecule has 0 radical (unpaired) electrons. The lowest BCUT2D eigenvalue weighted by Gasteiger charge is -2.11. The highest BCUT2D eigenvalue weighted by molar-refractivity contribution is 4.93. The molecule has 0 aliphatic carbocycles. The Bertz CT molecular complexity index is 91.1. The van der Waals surface area contributed by atoms with Gasteiger partial charge >= 0.3 is 0 Å². The molecule has 0 N–H and O–H groups in total. The Morgan fingerprint density at radius 2 is 1.56 bits per heavy atom. The maximum atomic E-state index is 2.26. The molecule has 0 amide bonds. The Labute approximate surface area is 59.0 Å². The van der Waals surface area contributed by atoms with Crippen LogP contribution in [0.5, 0.6) is 0 Å². The van der Waals surface area contributed by atoms with Crippen LogP contribution in [0.2, 0.25) is 0 Å². The summed E-state index contributed by atoms with van der Waals surface area (Å²) in [6, 6.07) is 0. The molecule has 0 unspecified atom stereocenters. The summed E-state index contributed by atoms with van der Waals surface area (Å²) in [5, 5.41) is 0. The molecule has 0 heterocycles. The van der Waals surface area contributed by atoms with E-state index in [9.17, 15) is 0 Å². The summed E-state index contributed by atoms with van der Waals surface area (Å²) >= 11 is 0. The van der Waals surface area contributed by atoms with Gasteiger partial charge in [0, 0.05) is 0 Å². The fraction of sp³-hybridized carbons (Fsp3) is 0.778. The molecule has 0 aromatic carbocycles. The maximum absolute atomic E-state index is 2.26. The first-order valence-electron chi connectivity index (χ1n) is 3.61. The van der Waals surface area contributed by atoms with E-state index in [0.29, 0.717) is 11.3 Å². The minimum absolute atomic E-state index is 0.351. The Morgan fingerprint density at radius 3 is 1.67 bits per heavy atom. The van der Waals surface area contributed by atoms with Gasteiger partial charge < -0.3 is 0 Å². The Kier molecular flexibility index (Phi) is 2.96. The van der Waals surface area contributed by atoms with Crippen LogP contribution in [0.15, 0.2) is 12.2 Å². The SMILES string of the molecule is CC(C)/C=C\C(C)(C)C. The molecular formula is C9H18. The van der Waals surface area contributed by atoms with E-state index in [4.69, 9.17) is 0 Å². The second kappa shape index (κ2) is 3.05. The molecule has 0 bridgehead atoms. The Balaban J connectivity index is 3.71. The van der Waals surface area contributed by atoms with Crippen molar-refractivity contribution in [3.05, 3.63) is 12.2 Å².